The molecule has 1 heterocycles. The molecule has 4 aromatic rings. The van der Waals surface area contributed by atoms with Gasteiger partial charge in [0.25, 0.3) is 5.91 Å². The summed E-state index contributed by atoms with van der Waals surface area (Å²) < 4.78 is 2.92. The van der Waals surface area contributed by atoms with Crippen molar-refractivity contribution < 1.29 is 4.79 Å². The zero-order chi connectivity index (χ0) is 22.3. The van der Waals surface area contributed by atoms with Crippen LogP contribution in [0.2, 0.25) is 0 Å². The van der Waals surface area contributed by atoms with Crippen molar-refractivity contribution in [3.63, 3.8) is 0 Å². The lowest BCUT2D eigenvalue weighted by Crippen LogP contribution is -2.20. The van der Waals surface area contributed by atoms with E-state index >= 15 is 0 Å². The second-order valence-electron chi connectivity index (χ2n) is 6.98. The Morgan fingerprint density at radius 1 is 1.06 bits per heavy atom. The lowest BCUT2D eigenvalue weighted by atomic mass is 10.2. The normalized spacial score (nSPS) is 11.1. The maximum Gasteiger partial charge on any atom is 0.250 e. The number of nitrogens with zero attached hydrogens (tertiary/aromatic N) is 4. The summed E-state index contributed by atoms with van der Waals surface area (Å²) in [4.78, 5) is 12.3. The van der Waals surface area contributed by atoms with Gasteiger partial charge in [0, 0.05) is 15.7 Å². The molecule has 0 radical (unpaired) electrons. The van der Waals surface area contributed by atoms with Gasteiger partial charge in [-0.2, -0.15) is 5.10 Å². The summed E-state index contributed by atoms with van der Waals surface area (Å²) in [6.45, 7) is 2.04. The van der Waals surface area contributed by atoms with Gasteiger partial charge in [0.05, 0.1) is 12.0 Å². The van der Waals surface area contributed by atoms with Crippen LogP contribution in [0.15, 0.2) is 93.6 Å². The van der Waals surface area contributed by atoms with Gasteiger partial charge in [-0.15, -0.1) is 10.2 Å². The Kier molecular flexibility index (Phi) is 7.14. The number of carbonyl (C=O) groups is 1. The van der Waals surface area contributed by atoms with Crippen LogP contribution >= 0.6 is 27.7 Å². The molecule has 8 heteroatoms. The Bertz CT molecular complexity index is 1240. The Balaban J connectivity index is 1.50. The van der Waals surface area contributed by atoms with Gasteiger partial charge >= 0.3 is 0 Å². The van der Waals surface area contributed by atoms with Crippen molar-refractivity contribution in [1.29, 1.82) is 0 Å². The lowest BCUT2D eigenvalue weighted by molar-refractivity contribution is -0.118. The van der Waals surface area contributed by atoms with E-state index in [0.29, 0.717) is 5.16 Å². The van der Waals surface area contributed by atoms with Crippen LogP contribution in [0.4, 0.5) is 0 Å². The number of rotatable bonds is 7. The summed E-state index contributed by atoms with van der Waals surface area (Å²) in [6, 6.07) is 25.7. The summed E-state index contributed by atoms with van der Waals surface area (Å²) in [5.41, 5.74) is 6.51. The maximum absolute atomic E-state index is 12.3. The van der Waals surface area contributed by atoms with Crippen LogP contribution in [0.3, 0.4) is 0 Å². The minimum absolute atomic E-state index is 0.161. The van der Waals surface area contributed by atoms with Crippen molar-refractivity contribution in [3.05, 3.63) is 94.5 Å². The predicted octanol–water partition coefficient (Wildman–Crippen LogP) is 5.25. The van der Waals surface area contributed by atoms with Crippen LogP contribution in [0.5, 0.6) is 0 Å². The standard InChI is InChI=1S/C24H20BrN5OS/c1-17-10-12-21(13-11-17)30-23(19-7-3-2-4-8-19)28-29-24(30)32-16-22(31)27-26-15-18-6-5-9-20(25)14-18/h2-15H,16H2,1H3,(H,27,31)/b26-15+. The van der Waals surface area contributed by atoms with E-state index in [1.807, 2.05) is 90.4 Å². The monoisotopic (exact) mass is 505 g/mol. The number of nitrogens with one attached hydrogen (secondary N) is 1. The molecule has 0 aliphatic carbocycles. The van der Waals surface area contributed by atoms with Crippen LogP contribution < -0.4 is 5.43 Å². The Morgan fingerprint density at radius 2 is 1.84 bits per heavy atom. The van der Waals surface area contributed by atoms with Crippen molar-refractivity contribution in [3.8, 4) is 17.1 Å². The van der Waals surface area contributed by atoms with Crippen LogP contribution in [-0.2, 0) is 4.79 Å². The number of hydrogen-bond donors (Lipinski definition) is 1. The highest BCUT2D eigenvalue weighted by atomic mass is 79.9. The number of halogens is 1. The number of benzene rings is 3. The van der Waals surface area contributed by atoms with E-state index in [0.717, 1.165) is 27.1 Å². The Hall–Kier alpha value is -3.23. The van der Waals surface area contributed by atoms with Crippen LogP contribution in [0, 0.1) is 6.92 Å². The fourth-order valence-electron chi connectivity index (χ4n) is 2.99. The number of amides is 1. The smallest absolute Gasteiger partial charge is 0.250 e. The molecule has 0 saturated carbocycles. The van der Waals surface area contributed by atoms with Gasteiger partial charge in [0.1, 0.15) is 0 Å². The summed E-state index contributed by atoms with van der Waals surface area (Å²) in [6.07, 6.45) is 1.61. The Labute approximate surface area is 198 Å². The SMILES string of the molecule is Cc1ccc(-n2c(SCC(=O)N/N=C/c3cccc(Br)c3)nnc2-c2ccccc2)cc1. The van der Waals surface area contributed by atoms with E-state index in [9.17, 15) is 4.79 Å². The molecule has 3 aromatic carbocycles. The number of aromatic nitrogens is 3. The molecule has 1 amide bonds. The first-order valence-electron chi connectivity index (χ1n) is 9.88. The van der Waals surface area contributed by atoms with Gasteiger partial charge in [-0.05, 0) is 36.8 Å². The largest absolute Gasteiger partial charge is 0.272 e. The van der Waals surface area contributed by atoms with Crippen molar-refractivity contribution in [2.45, 2.75) is 12.1 Å². The van der Waals surface area contributed by atoms with Gasteiger partial charge in [-0.3, -0.25) is 9.36 Å². The van der Waals surface area contributed by atoms with Crippen LogP contribution in [0.25, 0.3) is 17.1 Å². The molecule has 0 fully saturated rings. The summed E-state index contributed by atoms with van der Waals surface area (Å²) in [5, 5.41) is 13.4. The first-order chi connectivity index (χ1) is 15.6. The van der Waals surface area contributed by atoms with Gasteiger partial charge in [-0.25, -0.2) is 5.43 Å². The summed E-state index contributed by atoms with van der Waals surface area (Å²) in [5.74, 6) is 0.667. The molecule has 0 aliphatic rings. The van der Waals surface area contributed by atoms with Gasteiger partial charge in [0.15, 0.2) is 11.0 Å². The third-order valence-electron chi connectivity index (χ3n) is 4.54. The van der Waals surface area contributed by atoms with Crippen molar-refractivity contribution >= 4 is 39.8 Å². The van der Waals surface area contributed by atoms with E-state index in [1.165, 1.54) is 17.3 Å². The maximum atomic E-state index is 12.3. The van der Waals surface area contributed by atoms with E-state index in [2.05, 4.69) is 36.7 Å². The number of aryl methyl sites for hydroxylation is 1. The van der Waals surface area contributed by atoms with Crippen LogP contribution in [-0.4, -0.2) is 32.6 Å². The number of thioether (sulfide) groups is 1. The number of carbonyl (C=O) groups excluding carboxylic acids is 1. The second-order valence-corrected chi connectivity index (χ2v) is 8.84. The molecule has 160 valence electrons. The number of hydrogen-bond acceptors (Lipinski definition) is 5. The fraction of sp³-hybridized carbons (Fsp3) is 0.0833. The molecule has 0 atom stereocenters. The van der Waals surface area contributed by atoms with Crippen molar-refractivity contribution in [2.75, 3.05) is 5.75 Å². The fourth-order valence-corrected chi connectivity index (χ4v) is 4.15. The first kappa shape index (κ1) is 22.0. The molecule has 0 aliphatic heterocycles. The van der Waals surface area contributed by atoms with Crippen LogP contribution in [0.1, 0.15) is 11.1 Å². The molecule has 0 unspecified atom stereocenters. The lowest BCUT2D eigenvalue weighted by Gasteiger charge is -2.10. The molecule has 1 aromatic heterocycles. The van der Waals surface area contributed by atoms with Crippen molar-refractivity contribution in [2.24, 2.45) is 5.10 Å². The molecule has 1 N–H and O–H groups in total. The third-order valence-corrected chi connectivity index (χ3v) is 5.96. The summed E-state index contributed by atoms with van der Waals surface area (Å²) in [7, 11) is 0. The zero-order valence-electron chi connectivity index (χ0n) is 17.3. The highest BCUT2D eigenvalue weighted by Gasteiger charge is 2.17. The highest BCUT2D eigenvalue weighted by Crippen LogP contribution is 2.28. The average Bonchev–Trinajstić information content (AvgIpc) is 3.23. The predicted molar refractivity (Wildman–Crippen MR) is 132 cm³/mol. The topological polar surface area (TPSA) is 72.2 Å². The minimum Gasteiger partial charge on any atom is -0.272 e. The zero-order valence-corrected chi connectivity index (χ0v) is 19.7. The number of hydrazone groups is 1. The molecule has 0 spiro atoms. The first-order valence-corrected chi connectivity index (χ1v) is 11.7. The summed E-state index contributed by atoms with van der Waals surface area (Å²) >= 11 is 4.73. The molecular formula is C24H20BrN5OS. The molecule has 0 saturated heterocycles. The third kappa shape index (κ3) is 5.52. The van der Waals surface area contributed by atoms with E-state index in [4.69, 9.17) is 0 Å². The highest BCUT2D eigenvalue weighted by molar-refractivity contribution is 9.10. The van der Waals surface area contributed by atoms with Gasteiger partial charge in [0.2, 0.25) is 0 Å². The molecular weight excluding hydrogens is 486 g/mol. The molecule has 6 nitrogen and oxygen atoms in total. The Morgan fingerprint density at radius 3 is 2.59 bits per heavy atom. The van der Waals surface area contributed by atoms with Gasteiger partial charge in [-0.1, -0.05) is 87.9 Å². The molecule has 32 heavy (non-hydrogen) atoms. The van der Waals surface area contributed by atoms with E-state index in [-0.39, 0.29) is 11.7 Å². The second kappa shape index (κ2) is 10.4. The van der Waals surface area contributed by atoms with Crippen molar-refractivity contribution in [1.82, 2.24) is 20.2 Å². The molecule has 4 rings (SSSR count). The van der Waals surface area contributed by atoms with E-state index < -0.39 is 0 Å². The minimum atomic E-state index is -0.221. The quantitative estimate of drug-likeness (QED) is 0.211. The molecule has 0 bridgehead atoms. The average molecular weight is 506 g/mol. The van der Waals surface area contributed by atoms with E-state index in [1.54, 1.807) is 6.21 Å². The van der Waals surface area contributed by atoms with Gasteiger partial charge < -0.3 is 0 Å².